The molecule has 5 rings (SSSR count). The van der Waals surface area contributed by atoms with Gasteiger partial charge in [-0.15, -0.1) is 11.3 Å². The van der Waals surface area contributed by atoms with E-state index >= 15 is 0 Å². The molecule has 3 aromatic rings. The van der Waals surface area contributed by atoms with Gasteiger partial charge >= 0.3 is 6.03 Å². The Balaban J connectivity index is 1.53. The SMILES string of the molecule is CC(O)CNC(=O)c1ccc(-c2cc(NC3CC3)n3ncc(/C=C4\NC(=O)NC4=O)c3n2)s1. The highest BCUT2D eigenvalue weighted by Gasteiger charge is 2.25. The maximum atomic E-state index is 12.4. The van der Waals surface area contributed by atoms with Crippen molar-refractivity contribution in [3.05, 3.63) is 40.5 Å². The Morgan fingerprint density at radius 2 is 2.18 bits per heavy atom. The minimum Gasteiger partial charge on any atom is -0.392 e. The van der Waals surface area contributed by atoms with E-state index in [0.29, 0.717) is 27.8 Å². The molecule has 1 aliphatic carbocycles. The second-order valence-electron chi connectivity index (χ2n) is 7.97. The first-order chi connectivity index (χ1) is 15.9. The quantitative estimate of drug-likeness (QED) is 0.260. The van der Waals surface area contributed by atoms with Crippen LogP contribution in [0.4, 0.5) is 10.6 Å². The van der Waals surface area contributed by atoms with E-state index in [2.05, 4.69) is 26.4 Å². The zero-order valence-electron chi connectivity index (χ0n) is 17.6. The van der Waals surface area contributed by atoms with Crippen molar-refractivity contribution in [2.24, 2.45) is 0 Å². The zero-order chi connectivity index (χ0) is 23.1. The number of nitrogens with one attached hydrogen (secondary N) is 4. The number of hydrogen-bond donors (Lipinski definition) is 5. The number of carbonyl (C=O) groups excluding carboxylic acids is 3. The normalized spacial score (nSPS) is 17.8. The third-order valence-electron chi connectivity index (χ3n) is 5.09. The van der Waals surface area contributed by atoms with Gasteiger partial charge in [0.15, 0.2) is 5.65 Å². The highest BCUT2D eigenvalue weighted by Crippen LogP contribution is 2.32. The summed E-state index contributed by atoms with van der Waals surface area (Å²) in [5.74, 6) is -0.0316. The lowest BCUT2D eigenvalue weighted by Crippen LogP contribution is -2.29. The molecular weight excluding hydrogens is 446 g/mol. The summed E-state index contributed by atoms with van der Waals surface area (Å²) in [4.78, 5) is 41.8. The van der Waals surface area contributed by atoms with Crippen molar-refractivity contribution in [1.82, 2.24) is 30.5 Å². The van der Waals surface area contributed by atoms with Crippen LogP contribution in [0.5, 0.6) is 0 Å². The number of thiophene rings is 1. The van der Waals surface area contributed by atoms with Gasteiger partial charge in [0.25, 0.3) is 11.8 Å². The number of fused-ring (bicyclic) bond motifs is 1. The molecule has 0 spiro atoms. The minimum atomic E-state index is -0.630. The van der Waals surface area contributed by atoms with Gasteiger partial charge in [0.1, 0.15) is 11.5 Å². The number of amides is 4. The number of anilines is 1. The monoisotopic (exact) mass is 467 g/mol. The van der Waals surface area contributed by atoms with Crippen LogP contribution in [0, 0.1) is 0 Å². The summed E-state index contributed by atoms with van der Waals surface area (Å²) in [6.45, 7) is 1.77. The lowest BCUT2D eigenvalue weighted by atomic mass is 10.2. The number of nitrogens with zero attached hydrogens (tertiary/aromatic N) is 3. The molecule has 33 heavy (non-hydrogen) atoms. The first kappa shape index (κ1) is 21.1. The van der Waals surface area contributed by atoms with Crippen LogP contribution < -0.4 is 21.3 Å². The number of rotatable bonds is 7. The van der Waals surface area contributed by atoms with E-state index < -0.39 is 18.0 Å². The number of aliphatic hydroxyl groups excluding tert-OH is 1. The van der Waals surface area contributed by atoms with Crippen LogP contribution in [0.15, 0.2) is 30.1 Å². The van der Waals surface area contributed by atoms with Gasteiger partial charge < -0.3 is 21.1 Å². The van der Waals surface area contributed by atoms with E-state index in [4.69, 9.17) is 4.98 Å². The first-order valence-corrected chi connectivity index (χ1v) is 11.2. The topological polar surface area (TPSA) is 150 Å². The molecule has 1 atom stereocenters. The predicted molar refractivity (Wildman–Crippen MR) is 122 cm³/mol. The van der Waals surface area contributed by atoms with E-state index in [1.54, 1.807) is 23.7 Å². The Kier molecular flexibility index (Phi) is 5.30. The molecule has 0 aromatic carbocycles. The minimum absolute atomic E-state index is 0.118. The smallest absolute Gasteiger partial charge is 0.326 e. The summed E-state index contributed by atoms with van der Waals surface area (Å²) in [5.41, 5.74) is 1.83. The number of aliphatic hydroxyl groups is 1. The van der Waals surface area contributed by atoms with Crippen LogP contribution in [0.2, 0.25) is 0 Å². The fourth-order valence-corrected chi connectivity index (χ4v) is 4.19. The van der Waals surface area contributed by atoms with Gasteiger partial charge in [0, 0.05) is 24.2 Å². The molecule has 3 aromatic heterocycles. The van der Waals surface area contributed by atoms with E-state index in [-0.39, 0.29) is 18.1 Å². The largest absolute Gasteiger partial charge is 0.392 e. The molecule has 2 fully saturated rings. The van der Waals surface area contributed by atoms with Crippen LogP contribution in [0.25, 0.3) is 22.3 Å². The molecular formula is C21H21N7O4S. The Bertz CT molecular complexity index is 1310. The van der Waals surface area contributed by atoms with Crippen molar-refractivity contribution in [3.63, 3.8) is 0 Å². The lowest BCUT2D eigenvalue weighted by Gasteiger charge is -2.09. The molecule has 4 amide bonds. The Morgan fingerprint density at radius 1 is 1.36 bits per heavy atom. The van der Waals surface area contributed by atoms with Gasteiger partial charge in [-0.05, 0) is 38.0 Å². The molecule has 0 radical (unpaired) electrons. The van der Waals surface area contributed by atoms with Gasteiger partial charge in [0.2, 0.25) is 0 Å². The molecule has 4 heterocycles. The van der Waals surface area contributed by atoms with Crippen LogP contribution in [-0.4, -0.2) is 56.2 Å². The molecule has 11 nitrogen and oxygen atoms in total. The van der Waals surface area contributed by atoms with Crippen molar-refractivity contribution >= 4 is 46.7 Å². The zero-order valence-corrected chi connectivity index (χ0v) is 18.4. The van der Waals surface area contributed by atoms with Crippen molar-refractivity contribution in [2.75, 3.05) is 11.9 Å². The summed E-state index contributed by atoms with van der Waals surface area (Å²) in [6, 6.07) is 5.20. The van der Waals surface area contributed by atoms with Crippen LogP contribution in [-0.2, 0) is 4.79 Å². The second kappa shape index (κ2) is 8.30. The fraction of sp³-hybridized carbons (Fsp3) is 0.286. The van der Waals surface area contributed by atoms with Crippen molar-refractivity contribution in [2.45, 2.75) is 31.9 Å². The molecule has 2 aliphatic rings. The van der Waals surface area contributed by atoms with Crippen LogP contribution in [0.1, 0.15) is 35.0 Å². The fourth-order valence-electron chi connectivity index (χ4n) is 3.31. The van der Waals surface area contributed by atoms with Gasteiger partial charge in [-0.25, -0.2) is 9.78 Å². The van der Waals surface area contributed by atoms with Gasteiger partial charge in [-0.2, -0.15) is 9.61 Å². The summed E-state index contributed by atoms with van der Waals surface area (Å²) in [6.07, 6.45) is 4.61. The maximum Gasteiger partial charge on any atom is 0.326 e. The molecule has 1 saturated carbocycles. The van der Waals surface area contributed by atoms with Gasteiger partial charge in [-0.3, -0.25) is 14.9 Å². The average Bonchev–Trinajstić information content (AvgIpc) is 3.16. The highest BCUT2D eigenvalue weighted by atomic mass is 32.1. The Hall–Kier alpha value is -3.77. The lowest BCUT2D eigenvalue weighted by molar-refractivity contribution is -0.115. The Labute approximate surface area is 191 Å². The predicted octanol–water partition coefficient (Wildman–Crippen LogP) is 1.32. The molecule has 1 saturated heterocycles. The molecule has 1 unspecified atom stereocenters. The maximum absolute atomic E-state index is 12.4. The molecule has 5 N–H and O–H groups in total. The van der Waals surface area contributed by atoms with Crippen LogP contribution >= 0.6 is 11.3 Å². The van der Waals surface area contributed by atoms with E-state index in [1.165, 1.54) is 17.4 Å². The summed E-state index contributed by atoms with van der Waals surface area (Å²) in [7, 11) is 0. The number of hydrogen-bond acceptors (Lipinski definition) is 8. The average molecular weight is 468 g/mol. The molecule has 170 valence electrons. The first-order valence-electron chi connectivity index (χ1n) is 10.4. The third-order valence-corrected chi connectivity index (χ3v) is 6.19. The van der Waals surface area contributed by atoms with E-state index in [1.807, 2.05) is 12.1 Å². The molecule has 12 heteroatoms. The summed E-state index contributed by atoms with van der Waals surface area (Å²) < 4.78 is 1.66. The van der Waals surface area contributed by atoms with Gasteiger partial charge in [-0.1, -0.05) is 0 Å². The standard InChI is InChI=1S/C21H21N7O4S/c1-10(29)8-22-20(31)16-5-4-15(33-16)13-7-17(24-12-2-3-12)28-18(25-13)11(9-23-28)6-14-19(30)27-21(32)26-14/h4-7,9-10,12,24,29H,2-3,8H2,1H3,(H,22,31)(H2,26,27,30,32)/b14-6-. The van der Waals surface area contributed by atoms with Gasteiger partial charge in [0.05, 0.1) is 27.7 Å². The number of aromatic nitrogens is 3. The number of carbonyl (C=O) groups is 3. The third kappa shape index (κ3) is 4.43. The van der Waals surface area contributed by atoms with Crippen molar-refractivity contribution < 1.29 is 19.5 Å². The number of imide groups is 1. The summed E-state index contributed by atoms with van der Waals surface area (Å²) in [5, 5.41) is 24.6. The van der Waals surface area contributed by atoms with Crippen molar-refractivity contribution in [3.8, 4) is 10.6 Å². The van der Waals surface area contributed by atoms with Crippen LogP contribution in [0.3, 0.4) is 0 Å². The summed E-state index contributed by atoms with van der Waals surface area (Å²) >= 11 is 1.29. The highest BCUT2D eigenvalue weighted by molar-refractivity contribution is 7.17. The molecule has 0 bridgehead atoms. The molecule has 1 aliphatic heterocycles. The van der Waals surface area contributed by atoms with E-state index in [9.17, 15) is 19.5 Å². The second-order valence-corrected chi connectivity index (χ2v) is 9.05. The van der Waals surface area contributed by atoms with Crippen molar-refractivity contribution in [1.29, 1.82) is 0 Å². The Morgan fingerprint density at radius 3 is 2.88 bits per heavy atom. The van der Waals surface area contributed by atoms with E-state index in [0.717, 1.165) is 23.5 Å². The number of urea groups is 1.